The van der Waals surface area contributed by atoms with Crippen molar-refractivity contribution in [2.45, 2.75) is 51.2 Å². The maximum Gasteiger partial charge on any atom is 0.263 e. The summed E-state index contributed by atoms with van der Waals surface area (Å²) in [6.45, 7) is 1.71. The quantitative estimate of drug-likeness (QED) is 0.813. The van der Waals surface area contributed by atoms with E-state index in [0.29, 0.717) is 5.69 Å². The zero-order valence-electron chi connectivity index (χ0n) is 15.4. The van der Waals surface area contributed by atoms with E-state index in [1.165, 1.54) is 16.8 Å². The van der Waals surface area contributed by atoms with Gasteiger partial charge in [-0.2, -0.15) is 0 Å². The van der Waals surface area contributed by atoms with Gasteiger partial charge in [0.05, 0.1) is 11.7 Å². The number of amides is 2. The van der Waals surface area contributed by atoms with Crippen molar-refractivity contribution in [2.75, 3.05) is 0 Å². The normalized spacial score (nSPS) is 15.3. The highest BCUT2D eigenvalue weighted by atomic mass is 16.2. The SMILES string of the molecule is C[C@H](NC(=O)c1cccn(CC(=O)NC2CCCC2)c1=O)c1ccccn1. The van der Waals surface area contributed by atoms with Crippen molar-refractivity contribution in [3.63, 3.8) is 0 Å². The fraction of sp³-hybridized carbons (Fsp3) is 0.400. The molecular formula is C20H24N4O3. The monoisotopic (exact) mass is 368 g/mol. The third kappa shape index (κ3) is 4.81. The number of hydrogen-bond donors (Lipinski definition) is 2. The second kappa shape index (κ2) is 8.62. The van der Waals surface area contributed by atoms with Crippen molar-refractivity contribution in [1.29, 1.82) is 0 Å². The number of rotatable bonds is 6. The molecule has 0 spiro atoms. The number of hydrogen-bond acceptors (Lipinski definition) is 4. The van der Waals surface area contributed by atoms with Crippen LogP contribution in [0.2, 0.25) is 0 Å². The van der Waals surface area contributed by atoms with Crippen LogP contribution >= 0.6 is 0 Å². The standard InChI is InChI=1S/C20H24N4O3/c1-14(17-10-4-5-11-21-17)22-19(26)16-9-6-12-24(20(16)27)13-18(25)23-15-7-2-3-8-15/h4-6,9-12,14-15H,2-3,7-8,13H2,1H3,(H,22,26)(H,23,25)/t14-/m0/s1. The van der Waals surface area contributed by atoms with Gasteiger partial charge in [-0.3, -0.25) is 19.4 Å². The van der Waals surface area contributed by atoms with Crippen molar-refractivity contribution >= 4 is 11.8 Å². The van der Waals surface area contributed by atoms with E-state index in [1.54, 1.807) is 25.3 Å². The second-order valence-electron chi connectivity index (χ2n) is 6.85. The molecule has 1 saturated carbocycles. The van der Waals surface area contributed by atoms with E-state index in [-0.39, 0.29) is 30.1 Å². The fourth-order valence-electron chi connectivity index (χ4n) is 3.31. The largest absolute Gasteiger partial charge is 0.352 e. The first-order valence-corrected chi connectivity index (χ1v) is 9.25. The van der Waals surface area contributed by atoms with E-state index < -0.39 is 11.5 Å². The summed E-state index contributed by atoms with van der Waals surface area (Å²) >= 11 is 0. The van der Waals surface area contributed by atoms with Crippen LogP contribution in [-0.2, 0) is 11.3 Å². The molecule has 0 aliphatic heterocycles. The number of carbonyl (C=O) groups is 2. The molecule has 2 N–H and O–H groups in total. The summed E-state index contributed by atoms with van der Waals surface area (Å²) in [5, 5.41) is 5.73. The minimum absolute atomic E-state index is 0.00828. The van der Waals surface area contributed by atoms with Crippen molar-refractivity contribution in [1.82, 2.24) is 20.2 Å². The van der Waals surface area contributed by atoms with Crippen LogP contribution in [0.15, 0.2) is 47.5 Å². The molecule has 2 amide bonds. The molecule has 1 atom stereocenters. The number of pyridine rings is 2. The molecule has 27 heavy (non-hydrogen) atoms. The smallest absolute Gasteiger partial charge is 0.263 e. The Morgan fingerprint density at radius 3 is 2.70 bits per heavy atom. The molecule has 7 heteroatoms. The molecule has 0 saturated heterocycles. The maximum absolute atomic E-state index is 12.6. The van der Waals surface area contributed by atoms with Crippen LogP contribution in [0.25, 0.3) is 0 Å². The van der Waals surface area contributed by atoms with E-state index in [0.717, 1.165) is 25.7 Å². The van der Waals surface area contributed by atoms with Crippen LogP contribution in [0.5, 0.6) is 0 Å². The molecule has 3 rings (SSSR count). The molecule has 2 heterocycles. The predicted octanol–water partition coefficient (Wildman–Crippen LogP) is 1.79. The topological polar surface area (TPSA) is 93.1 Å². The van der Waals surface area contributed by atoms with Crippen LogP contribution in [0.3, 0.4) is 0 Å². The average Bonchev–Trinajstić information content (AvgIpc) is 3.17. The van der Waals surface area contributed by atoms with Crippen molar-refractivity contribution in [2.24, 2.45) is 0 Å². The molecule has 2 aromatic rings. The lowest BCUT2D eigenvalue weighted by atomic mass is 10.2. The molecule has 0 bridgehead atoms. The first-order chi connectivity index (χ1) is 13.0. The molecule has 2 aromatic heterocycles. The maximum atomic E-state index is 12.6. The van der Waals surface area contributed by atoms with Gasteiger partial charge in [-0.25, -0.2) is 0 Å². The van der Waals surface area contributed by atoms with Crippen molar-refractivity contribution in [3.8, 4) is 0 Å². The summed E-state index contributed by atoms with van der Waals surface area (Å²) in [6.07, 6.45) is 7.37. The second-order valence-corrected chi connectivity index (χ2v) is 6.85. The zero-order chi connectivity index (χ0) is 19.2. The van der Waals surface area contributed by atoms with Crippen LogP contribution in [0, 0.1) is 0 Å². The molecule has 7 nitrogen and oxygen atoms in total. The van der Waals surface area contributed by atoms with Gasteiger partial charge in [0.15, 0.2) is 0 Å². The Morgan fingerprint density at radius 2 is 2.00 bits per heavy atom. The number of nitrogens with one attached hydrogen (secondary N) is 2. The minimum atomic E-state index is -0.483. The van der Waals surface area contributed by atoms with E-state index in [2.05, 4.69) is 15.6 Å². The first kappa shape index (κ1) is 18.8. The fourth-order valence-corrected chi connectivity index (χ4v) is 3.31. The van der Waals surface area contributed by atoms with Gasteiger partial charge < -0.3 is 15.2 Å². The van der Waals surface area contributed by atoms with Gasteiger partial charge in [0.25, 0.3) is 11.5 Å². The highest BCUT2D eigenvalue weighted by Gasteiger charge is 2.19. The molecular weight excluding hydrogens is 344 g/mol. The lowest BCUT2D eigenvalue weighted by molar-refractivity contribution is -0.122. The number of nitrogens with zero attached hydrogens (tertiary/aromatic N) is 2. The molecule has 1 aliphatic rings. The molecule has 0 aromatic carbocycles. The van der Waals surface area contributed by atoms with Crippen LogP contribution in [-0.4, -0.2) is 27.4 Å². The Labute approximate surface area is 157 Å². The first-order valence-electron chi connectivity index (χ1n) is 9.25. The van der Waals surface area contributed by atoms with Gasteiger partial charge in [0, 0.05) is 18.4 Å². The van der Waals surface area contributed by atoms with Crippen LogP contribution < -0.4 is 16.2 Å². The Morgan fingerprint density at radius 1 is 1.22 bits per heavy atom. The Hall–Kier alpha value is -2.96. The van der Waals surface area contributed by atoms with E-state index in [1.807, 2.05) is 12.1 Å². The van der Waals surface area contributed by atoms with E-state index >= 15 is 0 Å². The van der Waals surface area contributed by atoms with Gasteiger partial charge in [0.2, 0.25) is 5.91 Å². The highest BCUT2D eigenvalue weighted by molar-refractivity contribution is 5.94. The van der Waals surface area contributed by atoms with Crippen LogP contribution in [0.1, 0.15) is 54.7 Å². The van der Waals surface area contributed by atoms with E-state index in [9.17, 15) is 14.4 Å². The number of aromatic nitrogens is 2. The Bertz CT molecular complexity index is 857. The molecule has 0 unspecified atom stereocenters. The molecule has 0 radical (unpaired) electrons. The molecule has 1 aliphatic carbocycles. The average molecular weight is 368 g/mol. The minimum Gasteiger partial charge on any atom is -0.352 e. The number of carbonyl (C=O) groups excluding carboxylic acids is 2. The van der Waals surface area contributed by atoms with Gasteiger partial charge >= 0.3 is 0 Å². The third-order valence-corrected chi connectivity index (χ3v) is 4.78. The van der Waals surface area contributed by atoms with Gasteiger partial charge in [-0.1, -0.05) is 18.9 Å². The van der Waals surface area contributed by atoms with Gasteiger partial charge in [-0.15, -0.1) is 0 Å². The third-order valence-electron chi connectivity index (χ3n) is 4.78. The van der Waals surface area contributed by atoms with Crippen molar-refractivity contribution in [3.05, 3.63) is 64.3 Å². The van der Waals surface area contributed by atoms with Crippen LogP contribution in [0.4, 0.5) is 0 Å². The lowest BCUT2D eigenvalue weighted by Crippen LogP contribution is -2.39. The van der Waals surface area contributed by atoms with E-state index in [4.69, 9.17) is 0 Å². The summed E-state index contributed by atoms with van der Waals surface area (Å²) in [7, 11) is 0. The molecule has 1 fully saturated rings. The summed E-state index contributed by atoms with van der Waals surface area (Å²) in [4.78, 5) is 41.5. The highest BCUT2D eigenvalue weighted by Crippen LogP contribution is 2.17. The summed E-state index contributed by atoms with van der Waals surface area (Å²) in [5.41, 5.74) is 0.233. The lowest BCUT2D eigenvalue weighted by Gasteiger charge is -2.15. The summed E-state index contributed by atoms with van der Waals surface area (Å²) in [6, 6.07) is 8.37. The Kier molecular flexibility index (Phi) is 6.01. The molecule has 142 valence electrons. The predicted molar refractivity (Wildman–Crippen MR) is 101 cm³/mol. The van der Waals surface area contributed by atoms with Gasteiger partial charge in [0.1, 0.15) is 12.1 Å². The Balaban J connectivity index is 1.67. The zero-order valence-corrected chi connectivity index (χ0v) is 15.4. The summed E-state index contributed by atoms with van der Waals surface area (Å²) < 4.78 is 1.27. The summed E-state index contributed by atoms with van der Waals surface area (Å²) in [5.74, 6) is -0.688. The van der Waals surface area contributed by atoms with Crippen molar-refractivity contribution < 1.29 is 9.59 Å². The van der Waals surface area contributed by atoms with Gasteiger partial charge in [-0.05, 0) is 44.0 Å².